The van der Waals surface area contributed by atoms with Crippen LogP contribution in [0.4, 0.5) is 8.78 Å². The Hall–Kier alpha value is -3.03. The maximum absolute atomic E-state index is 14.6. The number of aryl methyl sites for hydroxylation is 2. The van der Waals surface area contributed by atoms with E-state index in [1.54, 1.807) is 41.2 Å². The number of ether oxygens (including phenoxy) is 1. The normalized spacial score (nSPS) is 20.6. The van der Waals surface area contributed by atoms with E-state index in [2.05, 4.69) is 9.97 Å². The molecule has 1 aliphatic heterocycles. The molecule has 3 aromatic heterocycles. The lowest BCUT2D eigenvalue weighted by Gasteiger charge is -2.38. The van der Waals surface area contributed by atoms with E-state index in [0.29, 0.717) is 11.2 Å². The van der Waals surface area contributed by atoms with Gasteiger partial charge in [-0.15, -0.1) is 0 Å². The molecule has 0 saturated carbocycles. The number of nitrogens with zero attached hydrogens (tertiary/aromatic N) is 4. The summed E-state index contributed by atoms with van der Waals surface area (Å²) in [6, 6.07) is 6.94. The number of fused-ring (bicyclic) bond motifs is 2. The highest BCUT2D eigenvalue weighted by molar-refractivity contribution is 5.99. The lowest BCUT2D eigenvalue weighted by Crippen LogP contribution is -2.55. The molecule has 1 amide bonds. The van der Waals surface area contributed by atoms with Gasteiger partial charge < -0.3 is 14.0 Å². The summed E-state index contributed by atoms with van der Waals surface area (Å²) in [6.07, 6.45) is 6.06. The smallest absolute Gasteiger partial charge is 0.287 e. The molecule has 3 aromatic rings. The van der Waals surface area contributed by atoms with Crippen molar-refractivity contribution in [2.45, 2.75) is 37.7 Å². The van der Waals surface area contributed by atoms with Crippen molar-refractivity contribution in [2.24, 2.45) is 0 Å². The molecule has 1 atom stereocenters. The molecule has 1 saturated heterocycles. The third kappa shape index (κ3) is 3.22. The van der Waals surface area contributed by atoms with Crippen LogP contribution in [0, 0.1) is 0 Å². The Labute approximate surface area is 166 Å². The topological polar surface area (TPSA) is 59.7 Å². The summed E-state index contributed by atoms with van der Waals surface area (Å²) in [6.45, 7) is -0.239. The molecule has 1 aliphatic carbocycles. The number of rotatable bonds is 3. The zero-order valence-corrected chi connectivity index (χ0v) is 15.7. The van der Waals surface area contributed by atoms with Crippen LogP contribution in [0.2, 0.25) is 0 Å². The highest BCUT2D eigenvalue weighted by Crippen LogP contribution is 2.33. The van der Waals surface area contributed by atoms with Gasteiger partial charge in [-0.3, -0.25) is 4.79 Å². The zero-order chi connectivity index (χ0) is 20.0. The van der Waals surface area contributed by atoms with Crippen molar-refractivity contribution in [1.82, 2.24) is 19.3 Å². The third-order valence-electron chi connectivity index (χ3n) is 5.67. The molecule has 29 heavy (non-hydrogen) atoms. The summed E-state index contributed by atoms with van der Waals surface area (Å²) >= 11 is 0. The summed E-state index contributed by atoms with van der Waals surface area (Å²) in [5.74, 6) is -3.16. The Morgan fingerprint density at radius 3 is 3.00 bits per heavy atom. The van der Waals surface area contributed by atoms with E-state index in [4.69, 9.17) is 4.74 Å². The first-order valence-electron chi connectivity index (χ1n) is 9.75. The van der Waals surface area contributed by atoms with Crippen LogP contribution in [-0.4, -0.2) is 50.3 Å². The molecule has 0 radical (unpaired) electrons. The number of likely N-dealkylation sites (tertiary alicyclic amines) is 1. The van der Waals surface area contributed by atoms with E-state index >= 15 is 0 Å². The Kier molecular flexibility index (Phi) is 4.22. The minimum atomic E-state index is -3.03. The molecule has 2 aliphatic rings. The van der Waals surface area contributed by atoms with Crippen LogP contribution in [0.5, 0.6) is 5.88 Å². The van der Waals surface area contributed by atoms with Gasteiger partial charge in [0.1, 0.15) is 5.65 Å². The summed E-state index contributed by atoms with van der Waals surface area (Å²) in [5, 5.41) is 0. The van der Waals surface area contributed by atoms with Gasteiger partial charge in [-0.2, -0.15) is 0 Å². The molecule has 5 rings (SSSR count). The zero-order valence-electron chi connectivity index (χ0n) is 15.7. The fourth-order valence-corrected chi connectivity index (χ4v) is 4.08. The van der Waals surface area contributed by atoms with Crippen LogP contribution >= 0.6 is 0 Å². The summed E-state index contributed by atoms with van der Waals surface area (Å²) in [4.78, 5) is 23.1. The molecule has 6 nitrogen and oxygen atoms in total. The molecular weight excluding hydrogens is 378 g/mol. The Bertz CT molecular complexity index is 1080. The van der Waals surface area contributed by atoms with Crippen LogP contribution < -0.4 is 4.74 Å². The summed E-state index contributed by atoms with van der Waals surface area (Å²) in [7, 11) is 0. The monoisotopic (exact) mass is 398 g/mol. The van der Waals surface area contributed by atoms with Gasteiger partial charge in [0.25, 0.3) is 11.8 Å². The SMILES string of the molecule is O=C(c1cccn2ccnc12)N1CCC(F)(F)[C@@H](Oc2ccc3c(n2)CCC3)C1. The molecular formula is C21H20F2N4O2. The lowest BCUT2D eigenvalue weighted by molar-refractivity contribution is -0.131. The van der Waals surface area contributed by atoms with E-state index in [0.717, 1.165) is 30.5 Å². The average molecular weight is 398 g/mol. The molecule has 4 heterocycles. The second-order valence-electron chi connectivity index (χ2n) is 7.56. The number of amides is 1. The number of imidazole rings is 1. The molecule has 8 heteroatoms. The fourth-order valence-electron chi connectivity index (χ4n) is 4.08. The van der Waals surface area contributed by atoms with Crippen LogP contribution in [0.25, 0.3) is 5.65 Å². The van der Waals surface area contributed by atoms with Gasteiger partial charge in [0.05, 0.1) is 12.1 Å². The van der Waals surface area contributed by atoms with Crippen LogP contribution in [-0.2, 0) is 12.8 Å². The highest BCUT2D eigenvalue weighted by Gasteiger charge is 2.47. The first kappa shape index (κ1) is 18.0. The molecule has 1 fully saturated rings. The van der Waals surface area contributed by atoms with E-state index in [9.17, 15) is 13.6 Å². The van der Waals surface area contributed by atoms with Crippen molar-refractivity contribution in [3.63, 3.8) is 0 Å². The predicted molar refractivity (Wildman–Crippen MR) is 101 cm³/mol. The van der Waals surface area contributed by atoms with Gasteiger partial charge in [0.15, 0.2) is 6.10 Å². The Morgan fingerprint density at radius 1 is 1.21 bits per heavy atom. The molecule has 0 spiro atoms. The van der Waals surface area contributed by atoms with Crippen molar-refractivity contribution in [1.29, 1.82) is 0 Å². The van der Waals surface area contributed by atoms with Crippen molar-refractivity contribution in [3.05, 3.63) is 59.7 Å². The quantitative estimate of drug-likeness (QED) is 0.680. The first-order chi connectivity index (χ1) is 14.0. The van der Waals surface area contributed by atoms with Crippen molar-refractivity contribution in [3.8, 4) is 5.88 Å². The maximum atomic E-state index is 14.6. The van der Waals surface area contributed by atoms with Gasteiger partial charge >= 0.3 is 0 Å². The molecule has 0 unspecified atom stereocenters. The van der Waals surface area contributed by atoms with Gasteiger partial charge in [0, 0.05) is 43.3 Å². The standard InChI is InChI=1S/C21H20F2N4O2/c22-21(23)8-11-27(20(28)15-4-2-10-26-12-9-24-19(15)26)13-17(21)29-18-7-6-14-3-1-5-16(14)25-18/h2,4,6-7,9-10,12,17H,1,3,5,8,11,13H2/t17-/m0/s1. The minimum Gasteiger partial charge on any atom is -0.466 e. The number of pyridine rings is 2. The molecule has 150 valence electrons. The Balaban J connectivity index is 1.38. The first-order valence-corrected chi connectivity index (χ1v) is 9.75. The number of aromatic nitrogens is 3. The van der Waals surface area contributed by atoms with E-state index in [1.807, 2.05) is 6.07 Å². The molecule has 0 N–H and O–H groups in total. The van der Waals surface area contributed by atoms with Crippen LogP contribution in [0.3, 0.4) is 0 Å². The second-order valence-corrected chi connectivity index (χ2v) is 7.56. The number of piperidine rings is 1. The van der Waals surface area contributed by atoms with Crippen molar-refractivity contribution < 1.29 is 18.3 Å². The second kappa shape index (κ2) is 6.79. The summed E-state index contributed by atoms with van der Waals surface area (Å²) in [5.41, 5.74) is 2.96. The van der Waals surface area contributed by atoms with Crippen LogP contribution in [0.1, 0.15) is 34.5 Å². The number of carbonyl (C=O) groups excluding carboxylic acids is 1. The van der Waals surface area contributed by atoms with Gasteiger partial charge in [-0.1, -0.05) is 6.07 Å². The van der Waals surface area contributed by atoms with Crippen molar-refractivity contribution >= 4 is 11.6 Å². The largest absolute Gasteiger partial charge is 0.466 e. The maximum Gasteiger partial charge on any atom is 0.287 e. The average Bonchev–Trinajstić information content (AvgIpc) is 3.37. The number of alkyl halides is 2. The van der Waals surface area contributed by atoms with E-state index in [1.165, 1.54) is 4.90 Å². The molecule has 0 aromatic carbocycles. The van der Waals surface area contributed by atoms with Gasteiger partial charge in [-0.25, -0.2) is 18.7 Å². The highest BCUT2D eigenvalue weighted by atomic mass is 19.3. The number of halogens is 2. The summed E-state index contributed by atoms with van der Waals surface area (Å²) < 4.78 is 36.5. The number of hydrogen-bond acceptors (Lipinski definition) is 4. The van der Waals surface area contributed by atoms with E-state index in [-0.39, 0.29) is 24.9 Å². The number of hydrogen-bond donors (Lipinski definition) is 0. The molecule has 0 bridgehead atoms. The van der Waals surface area contributed by atoms with Crippen molar-refractivity contribution in [2.75, 3.05) is 13.1 Å². The van der Waals surface area contributed by atoms with Gasteiger partial charge in [0.2, 0.25) is 5.88 Å². The van der Waals surface area contributed by atoms with E-state index < -0.39 is 18.4 Å². The van der Waals surface area contributed by atoms with Crippen LogP contribution in [0.15, 0.2) is 42.9 Å². The number of carbonyl (C=O) groups is 1. The Morgan fingerprint density at radius 2 is 2.10 bits per heavy atom. The lowest BCUT2D eigenvalue weighted by atomic mass is 10.0. The minimum absolute atomic E-state index is 0.0366. The fraction of sp³-hybridized carbons (Fsp3) is 0.381. The van der Waals surface area contributed by atoms with Gasteiger partial charge in [-0.05, 0) is 37.0 Å². The predicted octanol–water partition coefficient (Wildman–Crippen LogP) is 3.15. The third-order valence-corrected chi connectivity index (χ3v) is 5.67.